The molecule has 0 aliphatic carbocycles. The Morgan fingerprint density at radius 3 is 2.04 bits per heavy atom. The highest BCUT2D eigenvalue weighted by atomic mass is 79.9. The Morgan fingerprint density at radius 1 is 1.13 bits per heavy atom. The molecule has 2 rings (SSSR count). The molecule has 0 saturated carbocycles. The van der Waals surface area contributed by atoms with E-state index in [1.165, 1.54) is 4.31 Å². The second kappa shape index (κ2) is 7.04. The zero-order chi connectivity index (χ0) is 17.4. The summed E-state index contributed by atoms with van der Waals surface area (Å²) in [5, 5.41) is 0. The van der Waals surface area contributed by atoms with Crippen molar-refractivity contribution in [2.45, 2.75) is 23.8 Å². The maximum atomic E-state index is 13.3. The summed E-state index contributed by atoms with van der Waals surface area (Å²) in [5.41, 5.74) is 0. The Labute approximate surface area is 151 Å². The molecule has 0 atom stereocenters. The lowest BCUT2D eigenvalue weighted by atomic mass is 10.1. The van der Waals surface area contributed by atoms with Gasteiger partial charge in [0.05, 0.1) is 6.26 Å². The van der Waals surface area contributed by atoms with Gasteiger partial charge >= 0.3 is 0 Å². The lowest BCUT2D eigenvalue weighted by Crippen LogP contribution is -2.46. The fraction of sp³-hybridized carbons (Fsp3) is 0.500. The number of sulfonamides is 2. The van der Waals surface area contributed by atoms with Crippen molar-refractivity contribution in [3.63, 3.8) is 0 Å². The maximum absolute atomic E-state index is 13.3. The van der Waals surface area contributed by atoms with Crippen LogP contribution >= 0.6 is 31.9 Å². The maximum Gasteiger partial charge on any atom is 0.245 e. The van der Waals surface area contributed by atoms with E-state index < -0.39 is 25.9 Å². The molecule has 6 nitrogen and oxygen atoms in total. The standard InChI is InChI=1S/C12H15Br2FN2O4S2/c1-22(18,19)16-9-2-4-17(5-3-9)23(20,21)12-10(13)6-8(15)7-11(12)14/h6-7,9,16H,2-5H2,1H3. The Bertz CT molecular complexity index is 783. The van der Waals surface area contributed by atoms with E-state index in [0.717, 1.165) is 18.4 Å². The molecule has 0 spiro atoms. The predicted molar refractivity (Wildman–Crippen MR) is 91.6 cm³/mol. The van der Waals surface area contributed by atoms with Gasteiger partial charge in [0.2, 0.25) is 20.0 Å². The molecule has 1 heterocycles. The monoisotopic (exact) mass is 492 g/mol. The summed E-state index contributed by atoms with van der Waals surface area (Å²) in [5.74, 6) is -0.557. The van der Waals surface area contributed by atoms with Crippen molar-refractivity contribution in [3.8, 4) is 0 Å². The molecule has 0 amide bonds. The van der Waals surface area contributed by atoms with Crippen molar-refractivity contribution in [2.75, 3.05) is 19.3 Å². The first kappa shape index (κ1) is 19.3. The van der Waals surface area contributed by atoms with Crippen LogP contribution in [0, 0.1) is 5.82 Å². The molecule has 0 aromatic heterocycles. The van der Waals surface area contributed by atoms with Gasteiger partial charge in [0.15, 0.2) is 0 Å². The first-order valence-corrected chi connectivity index (χ1v) is 11.5. The Morgan fingerprint density at radius 2 is 1.61 bits per heavy atom. The zero-order valence-electron chi connectivity index (χ0n) is 12.1. The summed E-state index contributed by atoms with van der Waals surface area (Å²) in [6.07, 6.45) is 1.83. The normalized spacial score (nSPS) is 18.3. The van der Waals surface area contributed by atoms with Crippen LogP contribution in [0.2, 0.25) is 0 Å². The van der Waals surface area contributed by atoms with E-state index in [9.17, 15) is 21.2 Å². The summed E-state index contributed by atoms with van der Waals surface area (Å²) in [7, 11) is -7.13. The van der Waals surface area contributed by atoms with E-state index in [4.69, 9.17) is 0 Å². The molecule has 1 aliphatic heterocycles. The van der Waals surface area contributed by atoms with Crippen molar-refractivity contribution < 1.29 is 21.2 Å². The van der Waals surface area contributed by atoms with Crippen molar-refractivity contribution in [1.29, 1.82) is 0 Å². The molecule has 11 heteroatoms. The fourth-order valence-electron chi connectivity index (χ4n) is 2.42. The lowest BCUT2D eigenvalue weighted by Gasteiger charge is -2.31. The summed E-state index contributed by atoms with van der Waals surface area (Å²) < 4.78 is 65.3. The average Bonchev–Trinajstić information content (AvgIpc) is 2.35. The van der Waals surface area contributed by atoms with Crippen molar-refractivity contribution in [1.82, 2.24) is 9.03 Å². The van der Waals surface area contributed by atoms with E-state index in [0.29, 0.717) is 12.8 Å². The highest BCUT2D eigenvalue weighted by Crippen LogP contribution is 2.34. The molecule has 0 bridgehead atoms. The quantitative estimate of drug-likeness (QED) is 0.695. The minimum atomic E-state index is -3.81. The van der Waals surface area contributed by atoms with Crippen LogP contribution < -0.4 is 4.72 Å². The summed E-state index contributed by atoms with van der Waals surface area (Å²) >= 11 is 6.17. The van der Waals surface area contributed by atoms with Crippen LogP contribution in [-0.2, 0) is 20.0 Å². The minimum absolute atomic E-state index is 0.0339. The highest BCUT2D eigenvalue weighted by molar-refractivity contribution is 9.11. The molecule has 0 unspecified atom stereocenters. The molecular formula is C12H15Br2FN2O4S2. The van der Waals surface area contributed by atoms with E-state index >= 15 is 0 Å². The molecular weight excluding hydrogens is 479 g/mol. The molecule has 1 aromatic rings. The van der Waals surface area contributed by atoms with Crippen LogP contribution in [0.3, 0.4) is 0 Å². The largest absolute Gasteiger partial charge is 0.245 e. The van der Waals surface area contributed by atoms with Gasteiger partial charge in [-0.2, -0.15) is 4.31 Å². The van der Waals surface area contributed by atoms with Gasteiger partial charge in [-0.1, -0.05) is 0 Å². The van der Waals surface area contributed by atoms with Crippen LogP contribution in [-0.4, -0.2) is 46.5 Å². The van der Waals surface area contributed by atoms with Gasteiger partial charge in [-0.05, 0) is 56.8 Å². The zero-order valence-corrected chi connectivity index (χ0v) is 16.9. The van der Waals surface area contributed by atoms with Gasteiger partial charge < -0.3 is 0 Å². The average molecular weight is 494 g/mol. The van der Waals surface area contributed by atoms with Crippen molar-refractivity contribution in [2.24, 2.45) is 0 Å². The topological polar surface area (TPSA) is 83.6 Å². The van der Waals surface area contributed by atoms with E-state index in [1.54, 1.807) is 0 Å². The third-order valence-corrected chi connectivity index (χ3v) is 7.93. The number of rotatable bonds is 4. The summed E-state index contributed by atoms with van der Waals surface area (Å²) in [6, 6.07) is 1.90. The van der Waals surface area contributed by atoms with Gasteiger partial charge in [-0.15, -0.1) is 0 Å². The van der Waals surface area contributed by atoms with E-state index in [1.807, 2.05) is 0 Å². The second-order valence-electron chi connectivity index (χ2n) is 5.27. The van der Waals surface area contributed by atoms with Gasteiger partial charge in [0.1, 0.15) is 10.7 Å². The smallest absolute Gasteiger partial charge is 0.213 e. The van der Waals surface area contributed by atoms with Gasteiger partial charge in [0.25, 0.3) is 0 Å². The van der Waals surface area contributed by atoms with E-state index in [-0.39, 0.29) is 33.0 Å². The SMILES string of the molecule is CS(=O)(=O)NC1CCN(S(=O)(=O)c2c(Br)cc(F)cc2Br)CC1. The molecule has 1 aliphatic rings. The number of hydrogen-bond donors (Lipinski definition) is 1. The van der Waals surface area contributed by atoms with Crippen LogP contribution in [0.5, 0.6) is 0 Å². The predicted octanol–water partition coefficient (Wildman–Crippen LogP) is 2.05. The van der Waals surface area contributed by atoms with Crippen LogP contribution in [0.25, 0.3) is 0 Å². The first-order chi connectivity index (χ1) is 10.5. The Balaban J connectivity index is 2.20. The Hall–Kier alpha value is -0.0700. The van der Waals surface area contributed by atoms with Crippen LogP contribution in [0.1, 0.15) is 12.8 Å². The molecule has 1 N–H and O–H groups in total. The fourth-order valence-corrected chi connectivity index (χ4v) is 7.18. The van der Waals surface area contributed by atoms with Gasteiger partial charge in [0, 0.05) is 28.1 Å². The number of benzene rings is 1. The first-order valence-electron chi connectivity index (χ1n) is 6.63. The molecule has 1 fully saturated rings. The molecule has 1 saturated heterocycles. The number of nitrogens with zero attached hydrogens (tertiary/aromatic N) is 1. The highest BCUT2D eigenvalue weighted by Gasteiger charge is 2.33. The molecule has 130 valence electrons. The number of nitrogens with one attached hydrogen (secondary N) is 1. The number of halogens is 3. The second-order valence-corrected chi connectivity index (χ2v) is 10.6. The lowest BCUT2D eigenvalue weighted by molar-refractivity contribution is 0.308. The van der Waals surface area contributed by atoms with Crippen molar-refractivity contribution in [3.05, 3.63) is 26.9 Å². The third kappa shape index (κ3) is 4.73. The molecule has 23 heavy (non-hydrogen) atoms. The van der Waals surface area contributed by atoms with E-state index in [2.05, 4.69) is 36.6 Å². The number of hydrogen-bond acceptors (Lipinski definition) is 4. The Kier molecular flexibility index (Phi) is 5.90. The number of piperidine rings is 1. The van der Waals surface area contributed by atoms with Crippen LogP contribution in [0.15, 0.2) is 26.0 Å². The third-order valence-electron chi connectivity index (χ3n) is 3.40. The summed E-state index contributed by atoms with van der Waals surface area (Å²) in [6.45, 7) is 0.373. The van der Waals surface area contributed by atoms with Crippen LogP contribution in [0.4, 0.5) is 4.39 Å². The van der Waals surface area contributed by atoms with Crippen molar-refractivity contribution >= 4 is 51.9 Å². The van der Waals surface area contributed by atoms with Gasteiger partial charge in [-0.25, -0.2) is 25.9 Å². The molecule has 0 radical (unpaired) electrons. The molecule has 1 aromatic carbocycles. The summed E-state index contributed by atoms with van der Waals surface area (Å²) in [4.78, 5) is -0.0339. The minimum Gasteiger partial charge on any atom is -0.213 e. The van der Waals surface area contributed by atoms with Gasteiger partial charge in [-0.3, -0.25) is 0 Å².